The summed E-state index contributed by atoms with van der Waals surface area (Å²) in [5.74, 6) is 1.81. The summed E-state index contributed by atoms with van der Waals surface area (Å²) in [5, 5.41) is 7.10. The molecule has 266 valence electrons. The zero-order chi connectivity index (χ0) is 37.5. The zero-order valence-electron chi connectivity index (χ0n) is 30.4. The summed E-state index contributed by atoms with van der Waals surface area (Å²) < 4.78 is 11.8. The molecule has 5 nitrogen and oxygen atoms in total. The summed E-state index contributed by atoms with van der Waals surface area (Å²) in [7, 11) is 0. The molecule has 0 unspecified atom stereocenters. The molecule has 4 aromatic heterocycles. The van der Waals surface area contributed by atoms with Gasteiger partial charge in [-0.25, -0.2) is 15.0 Å². The molecule has 12 rings (SSSR count). The van der Waals surface area contributed by atoms with E-state index >= 15 is 0 Å². The molecule has 8 aromatic carbocycles. The monoisotopic (exact) mass is 746 g/mol. The molecule has 0 saturated heterocycles. The Bertz CT molecular complexity index is 3420. The summed E-state index contributed by atoms with van der Waals surface area (Å²) >= 11 is 1.85. The molecule has 0 spiro atoms. The smallest absolute Gasteiger partial charge is 0.167 e. The maximum atomic E-state index is 6.81. The second-order valence-corrected chi connectivity index (χ2v) is 15.4. The molecule has 0 atom stereocenters. The Hall–Kier alpha value is -7.41. The van der Waals surface area contributed by atoms with E-state index in [0.29, 0.717) is 17.5 Å². The van der Waals surface area contributed by atoms with Crippen molar-refractivity contribution in [2.75, 3.05) is 0 Å². The van der Waals surface area contributed by atoms with Crippen LogP contribution in [0.2, 0.25) is 0 Å². The van der Waals surface area contributed by atoms with Crippen LogP contribution < -0.4 is 0 Å². The van der Waals surface area contributed by atoms with Crippen molar-refractivity contribution in [3.63, 3.8) is 0 Å². The normalized spacial score (nSPS) is 11.9. The fraction of sp³-hybridized carbons (Fsp3) is 0. The van der Waals surface area contributed by atoms with Gasteiger partial charge in [-0.1, -0.05) is 140 Å². The Morgan fingerprint density at radius 1 is 0.421 bits per heavy atom. The third-order valence-corrected chi connectivity index (χ3v) is 12.3. The van der Waals surface area contributed by atoms with Gasteiger partial charge >= 0.3 is 0 Å². The SMILES string of the molecule is c1ccc(-c2nc(-c3ccccc3)nc(-c3cccc4c3oc3cc(-c5cccc6c5sc5cccc(-n7c8ccccc8c8ccccc87)c56)ccc34)n2)cc1. The number of nitrogens with zero attached hydrogens (tertiary/aromatic N) is 4. The van der Waals surface area contributed by atoms with E-state index in [1.807, 2.05) is 78.1 Å². The highest BCUT2D eigenvalue weighted by molar-refractivity contribution is 7.26. The molecular formula is C51H30N4OS. The highest BCUT2D eigenvalue weighted by atomic mass is 32.1. The van der Waals surface area contributed by atoms with Crippen LogP contribution in [0.5, 0.6) is 0 Å². The summed E-state index contributed by atoms with van der Waals surface area (Å²) in [4.78, 5) is 14.9. The first-order chi connectivity index (χ1) is 28.3. The molecule has 0 amide bonds. The van der Waals surface area contributed by atoms with E-state index < -0.39 is 0 Å². The van der Waals surface area contributed by atoms with Gasteiger partial charge in [0.2, 0.25) is 0 Å². The predicted octanol–water partition coefficient (Wildman–Crippen LogP) is 13.9. The number of hydrogen-bond donors (Lipinski definition) is 0. The Kier molecular flexibility index (Phi) is 7.03. The van der Waals surface area contributed by atoms with E-state index in [9.17, 15) is 0 Å². The number of aromatic nitrogens is 4. The molecule has 0 aliphatic rings. The molecule has 0 bridgehead atoms. The van der Waals surface area contributed by atoms with Crippen molar-refractivity contribution in [3.8, 4) is 51.0 Å². The summed E-state index contributed by atoms with van der Waals surface area (Å²) in [6, 6.07) is 63.7. The maximum Gasteiger partial charge on any atom is 0.167 e. The number of furan rings is 1. The Balaban J connectivity index is 1.02. The van der Waals surface area contributed by atoms with Gasteiger partial charge in [0.15, 0.2) is 17.5 Å². The third-order valence-electron chi connectivity index (χ3n) is 11.1. The van der Waals surface area contributed by atoms with E-state index in [2.05, 4.69) is 120 Å². The fourth-order valence-corrected chi connectivity index (χ4v) is 9.75. The number of fused-ring (bicyclic) bond motifs is 9. The van der Waals surface area contributed by atoms with E-state index in [1.54, 1.807) is 0 Å². The minimum absolute atomic E-state index is 0.571. The number of rotatable bonds is 5. The molecule has 0 fully saturated rings. The first-order valence-corrected chi connectivity index (χ1v) is 19.8. The van der Waals surface area contributed by atoms with Gasteiger partial charge in [-0.2, -0.15) is 0 Å². The van der Waals surface area contributed by atoms with Gasteiger partial charge in [0.1, 0.15) is 11.2 Å². The molecule has 0 saturated carbocycles. The van der Waals surface area contributed by atoms with Crippen molar-refractivity contribution in [1.82, 2.24) is 19.5 Å². The third kappa shape index (κ3) is 4.98. The summed E-state index contributed by atoms with van der Waals surface area (Å²) in [6.07, 6.45) is 0. The van der Waals surface area contributed by atoms with Crippen LogP contribution in [0.3, 0.4) is 0 Å². The van der Waals surface area contributed by atoms with Crippen molar-refractivity contribution in [2.45, 2.75) is 0 Å². The quantitative estimate of drug-likeness (QED) is 0.176. The Morgan fingerprint density at radius 3 is 1.70 bits per heavy atom. The highest BCUT2D eigenvalue weighted by Crippen LogP contribution is 2.45. The van der Waals surface area contributed by atoms with Crippen LogP contribution in [0.25, 0.3) is 115 Å². The number of thiophene rings is 1. The number of para-hydroxylation sites is 3. The van der Waals surface area contributed by atoms with Gasteiger partial charge in [-0.05, 0) is 53.6 Å². The van der Waals surface area contributed by atoms with Crippen LogP contribution in [0.1, 0.15) is 0 Å². The van der Waals surface area contributed by atoms with Gasteiger partial charge in [-0.15, -0.1) is 11.3 Å². The molecular weight excluding hydrogens is 717 g/mol. The second-order valence-electron chi connectivity index (χ2n) is 14.3. The summed E-state index contributed by atoms with van der Waals surface area (Å²) in [6.45, 7) is 0. The first-order valence-electron chi connectivity index (χ1n) is 19.0. The number of hydrogen-bond acceptors (Lipinski definition) is 5. The van der Waals surface area contributed by atoms with Crippen LogP contribution in [0.15, 0.2) is 186 Å². The summed E-state index contributed by atoms with van der Waals surface area (Å²) in [5.41, 5.74) is 10.2. The van der Waals surface area contributed by atoms with E-state index in [1.165, 1.54) is 53.2 Å². The maximum absolute atomic E-state index is 6.81. The van der Waals surface area contributed by atoms with Gasteiger partial charge < -0.3 is 8.98 Å². The average molecular weight is 747 g/mol. The van der Waals surface area contributed by atoms with Crippen LogP contribution in [-0.4, -0.2) is 19.5 Å². The Morgan fingerprint density at radius 2 is 1.00 bits per heavy atom. The standard InChI is InChI=1S/C51H30N4OS/c1-3-14-31(15-4-1)49-52-50(32-16-5-2-6-17-32)54-51(53-49)40-23-12-21-38-37-29-28-33(30-44(37)56-47(38)40)34-20-11-22-39-46-43(26-13-27-45(46)57-48(34)39)55-41-24-9-7-18-35(41)36-19-8-10-25-42(36)55/h1-30H. The van der Waals surface area contributed by atoms with Crippen LogP contribution in [0, 0.1) is 0 Å². The molecule has 6 heteroatoms. The van der Waals surface area contributed by atoms with Crippen molar-refractivity contribution >= 4 is 75.3 Å². The average Bonchev–Trinajstić information content (AvgIpc) is 3.96. The van der Waals surface area contributed by atoms with E-state index in [-0.39, 0.29) is 0 Å². The lowest BCUT2D eigenvalue weighted by Gasteiger charge is -2.10. The molecule has 0 aliphatic carbocycles. The van der Waals surface area contributed by atoms with Crippen molar-refractivity contribution in [2.24, 2.45) is 0 Å². The van der Waals surface area contributed by atoms with Gasteiger partial charge in [-0.3, -0.25) is 0 Å². The molecule has 4 heterocycles. The fourth-order valence-electron chi connectivity index (χ4n) is 8.50. The minimum atomic E-state index is 0.571. The van der Waals surface area contributed by atoms with Crippen molar-refractivity contribution in [1.29, 1.82) is 0 Å². The molecule has 12 aromatic rings. The van der Waals surface area contributed by atoms with Gasteiger partial charge in [0.25, 0.3) is 0 Å². The first kappa shape index (κ1) is 31.9. The predicted molar refractivity (Wildman–Crippen MR) is 236 cm³/mol. The molecule has 0 radical (unpaired) electrons. The van der Waals surface area contributed by atoms with Crippen molar-refractivity contribution in [3.05, 3.63) is 182 Å². The molecule has 57 heavy (non-hydrogen) atoms. The van der Waals surface area contributed by atoms with E-state index in [4.69, 9.17) is 19.4 Å². The van der Waals surface area contributed by atoms with E-state index in [0.717, 1.165) is 44.2 Å². The Labute approximate surface area is 330 Å². The lowest BCUT2D eigenvalue weighted by molar-refractivity contribution is 0.669. The lowest BCUT2D eigenvalue weighted by atomic mass is 10.0. The topological polar surface area (TPSA) is 56.7 Å². The van der Waals surface area contributed by atoms with Crippen LogP contribution in [-0.2, 0) is 0 Å². The minimum Gasteiger partial charge on any atom is -0.455 e. The van der Waals surface area contributed by atoms with Crippen molar-refractivity contribution < 1.29 is 4.42 Å². The second kappa shape index (κ2) is 12.6. The van der Waals surface area contributed by atoms with Crippen LogP contribution in [0.4, 0.5) is 0 Å². The van der Waals surface area contributed by atoms with Crippen LogP contribution >= 0.6 is 11.3 Å². The lowest BCUT2D eigenvalue weighted by Crippen LogP contribution is -2.00. The molecule has 0 N–H and O–H groups in total. The van der Waals surface area contributed by atoms with Gasteiger partial charge in [0, 0.05) is 52.8 Å². The highest BCUT2D eigenvalue weighted by Gasteiger charge is 2.21. The number of benzene rings is 8. The van der Waals surface area contributed by atoms with Gasteiger partial charge in [0.05, 0.1) is 22.3 Å². The molecule has 0 aliphatic heterocycles. The largest absolute Gasteiger partial charge is 0.455 e. The zero-order valence-corrected chi connectivity index (χ0v) is 31.2.